The zero-order valence-corrected chi connectivity index (χ0v) is 13.9. The molecule has 0 radical (unpaired) electrons. The van der Waals surface area contributed by atoms with E-state index in [-0.39, 0.29) is 6.61 Å². The molecule has 3 nitrogen and oxygen atoms in total. The molecule has 0 aliphatic carbocycles. The molecule has 3 atom stereocenters. The lowest BCUT2D eigenvalue weighted by Gasteiger charge is -2.45. The van der Waals surface area contributed by atoms with Crippen molar-refractivity contribution in [2.75, 3.05) is 6.61 Å². The van der Waals surface area contributed by atoms with Crippen LogP contribution in [-0.4, -0.2) is 24.3 Å². The van der Waals surface area contributed by atoms with Crippen LogP contribution in [0, 0.1) is 0 Å². The molecule has 1 aliphatic heterocycles. The van der Waals surface area contributed by atoms with Gasteiger partial charge in [0.05, 0.1) is 6.04 Å². The molecule has 0 bridgehead atoms. The highest BCUT2D eigenvalue weighted by atomic mass is 19.4. The lowest BCUT2D eigenvalue weighted by molar-refractivity contribution is -0.228. The number of carbonyl (C=O) groups excluding carboxylic acids is 1. The third kappa shape index (κ3) is 3.01. The van der Waals surface area contributed by atoms with Gasteiger partial charge in [0, 0.05) is 5.92 Å². The molecule has 1 heterocycles. The van der Waals surface area contributed by atoms with Gasteiger partial charge in [0.15, 0.2) is 0 Å². The smallest absolute Gasteiger partial charge is 0.418 e. The molecule has 1 fully saturated rings. The predicted molar refractivity (Wildman–Crippen MR) is 91.4 cm³/mol. The Hall–Kier alpha value is -2.60. The summed E-state index contributed by atoms with van der Waals surface area (Å²) in [6.45, 7) is 3.39. The summed E-state index contributed by atoms with van der Waals surface area (Å²) in [6.07, 6.45) is -3.74. The van der Waals surface area contributed by atoms with Crippen LogP contribution in [0.15, 0.2) is 73.3 Å². The van der Waals surface area contributed by atoms with Crippen LogP contribution in [0.2, 0.25) is 0 Å². The number of benzene rings is 2. The summed E-state index contributed by atoms with van der Waals surface area (Å²) < 4.78 is 47.8. The third-order valence-electron chi connectivity index (χ3n) is 4.61. The number of ether oxygens (including phenoxy) is 1. The first-order chi connectivity index (χ1) is 12.4. The highest BCUT2D eigenvalue weighted by Crippen LogP contribution is 2.46. The molecular formula is C20H18F3NO2. The van der Waals surface area contributed by atoms with Gasteiger partial charge in [-0.2, -0.15) is 13.2 Å². The molecule has 0 saturated carbocycles. The fourth-order valence-corrected chi connectivity index (χ4v) is 3.33. The topological polar surface area (TPSA) is 38.3 Å². The molecule has 0 aromatic heterocycles. The number of cyclic esters (lactones) is 1. The van der Waals surface area contributed by atoms with Crippen molar-refractivity contribution in [2.45, 2.75) is 23.7 Å². The van der Waals surface area contributed by atoms with E-state index in [1.807, 2.05) is 0 Å². The van der Waals surface area contributed by atoms with E-state index in [1.54, 1.807) is 60.7 Å². The second kappa shape index (κ2) is 6.96. The van der Waals surface area contributed by atoms with Crippen molar-refractivity contribution in [3.63, 3.8) is 0 Å². The van der Waals surface area contributed by atoms with Gasteiger partial charge >= 0.3 is 12.1 Å². The number of nitrogens with one attached hydrogen (secondary N) is 1. The maximum Gasteiger partial charge on any atom is 0.418 e. The van der Waals surface area contributed by atoms with Gasteiger partial charge in [-0.3, -0.25) is 5.32 Å². The molecular weight excluding hydrogens is 343 g/mol. The monoisotopic (exact) mass is 361 g/mol. The Morgan fingerprint density at radius 1 is 1.12 bits per heavy atom. The molecule has 6 heteroatoms. The van der Waals surface area contributed by atoms with Gasteiger partial charge in [0.1, 0.15) is 6.61 Å². The van der Waals surface area contributed by atoms with E-state index in [2.05, 4.69) is 11.9 Å². The molecule has 1 saturated heterocycles. The van der Waals surface area contributed by atoms with Crippen molar-refractivity contribution in [3.05, 3.63) is 84.4 Å². The first-order valence-electron chi connectivity index (χ1n) is 8.14. The quantitative estimate of drug-likeness (QED) is 0.657. The number of rotatable bonds is 4. The van der Waals surface area contributed by atoms with Crippen molar-refractivity contribution in [1.82, 2.24) is 5.32 Å². The van der Waals surface area contributed by atoms with Crippen molar-refractivity contribution in [2.24, 2.45) is 0 Å². The SMILES string of the molecule is C=C[C@H](c1ccccc1)[C@@]1(C(F)(F)F)N[C@H](c2ccccc2)COC1=O. The number of hydrogen-bond donors (Lipinski definition) is 1. The molecule has 1 N–H and O–H groups in total. The number of carbonyl (C=O) groups is 1. The van der Waals surface area contributed by atoms with Gasteiger partial charge < -0.3 is 4.74 Å². The summed E-state index contributed by atoms with van der Waals surface area (Å²) in [4.78, 5) is 12.5. The van der Waals surface area contributed by atoms with Crippen LogP contribution in [0.5, 0.6) is 0 Å². The van der Waals surface area contributed by atoms with Crippen LogP contribution in [0.3, 0.4) is 0 Å². The molecule has 1 aliphatic rings. The van der Waals surface area contributed by atoms with Gasteiger partial charge in [-0.05, 0) is 11.1 Å². The minimum Gasteiger partial charge on any atom is -0.462 e. The van der Waals surface area contributed by atoms with E-state index in [1.165, 1.54) is 0 Å². The number of halogens is 3. The van der Waals surface area contributed by atoms with Crippen LogP contribution in [-0.2, 0) is 9.53 Å². The Bertz CT molecular complexity index is 777. The van der Waals surface area contributed by atoms with Crippen LogP contribution >= 0.6 is 0 Å². The van der Waals surface area contributed by atoms with Crippen LogP contribution in [0.4, 0.5) is 13.2 Å². The van der Waals surface area contributed by atoms with Gasteiger partial charge in [-0.25, -0.2) is 4.79 Å². The predicted octanol–water partition coefficient (Wildman–Crippen LogP) is 4.15. The Morgan fingerprint density at radius 3 is 2.23 bits per heavy atom. The van der Waals surface area contributed by atoms with Crippen molar-refractivity contribution in [1.29, 1.82) is 0 Å². The molecule has 2 aromatic rings. The van der Waals surface area contributed by atoms with Gasteiger partial charge in [0.2, 0.25) is 5.54 Å². The molecule has 136 valence electrons. The van der Waals surface area contributed by atoms with Gasteiger partial charge in [0.25, 0.3) is 0 Å². The zero-order valence-electron chi connectivity index (χ0n) is 13.9. The Kier molecular flexibility index (Phi) is 4.87. The molecule has 26 heavy (non-hydrogen) atoms. The minimum absolute atomic E-state index is 0.167. The van der Waals surface area contributed by atoms with Crippen LogP contribution < -0.4 is 5.32 Å². The second-order valence-electron chi connectivity index (χ2n) is 6.14. The van der Waals surface area contributed by atoms with E-state index in [9.17, 15) is 18.0 Å². The van der Waals surface area contributed by atoms with E-state index in [4.69, 9.17) is 4.74 Å². The van der Waals surface area contributed by atoms with Gasteiger partial charge in [-0.15, -0.1) is 6.58 Å². The molecule has 2 aromatic carbocycles. The molecule has 0 unspecified atom stereocenters. The fraction of sp³-hybridized carbons (Fsp3) is 0.250. The number of hydrogen-bond acceptors (Lipinski definition) is 3. The average molecular weight is 361 g/mol. The maximum absolute atomic E-state index is 14.2. The lowest BCUT2D eigenvalue weighted by Crippen LogP contribution is -2.69. The van der Waals surface area contributed by atoms with E-state index in [0.29, 0.717) is 11.1 Å². The number of esters is 1. The summed E-state index contributed by atoms with van der Waals surface area (Å²) in [5.74, 6) is -2.67. The highest BCUT2D eigenvalue weighted by Gasteiger charge is 2.67. The summed E-state index contributed by atoms with van der Waals surface area (Å²) in [7, 11) is 0. The maximum atomic E-state index is 14.2. The number of alkyl halides is 3. The Balaban J connectivity index is 2.11. The summed E-state index contributed by atoms with van der Waals surface area (Å²) >= 11 is 0. The summed E-state index contributed by atoms with van der Waals surface area (Å²) in [5, 5.41) is 2.55. The lowest BCUT2D eigenvalue weighted by atomic mass is 9.76. The van der Waals surface area contributed by atoms with Gasteiger partial charge in [-0.1, -0.05) is 66.7 Å². The molecule has 3 rings (SSSR count). The minimum atomic E-state index is -4.88. The fourth-order valence-electron chi connectivity index (χ4n) is 3.33. The highest BCUT2D eigenvalue weighted by molar-refractivity contribution is 5.85. The first kappa shape index (κ1) is 18.2. The largest absolute Gasteiger partial charge is 0.462 e. The summed E-state index contributed by atoms with van der Waals surface area (Å²) in [5.41, 5.74) is -1.96. The second-order valence-corrected chi connectivity index (χ2v) is 6.14. The average Bonchev–Trinajstić information content (AvgIpc) is 2.64. The molecule has 0 spiro atoms. The zero-order chi connectivity index (χ0) is 18.8. The first-order valence-corrected chi connectivity index (χ1v) is 8.14. The number of morpholine rings is 1. The molecule has 0 amide bonds. The summed E-state index contributed by atoms with van der Waals surface area (Å²) in [6, 6.07) is 15.9. The standard InChI is InChI=1S/C20H18F3NO2/c1-2-16(14-9-5-3-6-10-14)19(20(21,22)23)18(25)26-13-17(24-19)15-11-7-4-8-12-15/h2-12,16-17,24H,1,13H2/t16-,17+,19-/m1/s1. The van der Waals surface area contributed by atoms with Crippen LogP contribution in [0.1, 0.15) is 23.1 Å². The third-order valence-corrected chi connectivity index (χ3v) is 4.61. The van der Waals surface area contributed by atoms with E-state index >= 15 is 0 Å². The van der Waals surface area contributed by atoms with E-state index < -0.39 is 29.6 Å². The van der Waals surface area contributed by atoms with Crippen molar-refractivity contribution >= 4 is 5.97 Å². The van der Waals surface area contributed by atoms with E-state index in [0.717, 1.165) is 6.08 Å². The normalized spacial score (nSPS) is 24.6. The van der Waals surface area contributed by atoms with Crippen molar-refractivity contribution in [3.8, 4) is 0 Å². The van der Waals surface area contributed by atoms with Crippen molar-refractivity contribution < 1.29 is 22.7 Å². The Morgan fingerprint density at radius 2 is 1.69 bits per heavy atom. The van der Waals surface area contributed by atoms with Crippen LogP contribution in [0.25, 0.3) is 0 Å². The Labute approximate surface area is 149 Å².